The molecule has 15 heavy (non-hydrogen) atoms. The van der Waals surface area contributed by atoms with E-state index in [1.165, 1.54) is 6.08 Å². The van der Waals surface area contributed by atoms with Gasteiger partial charge in [-0.15, -0.1) is 0 Å². The molecule has 0 aromatic carbocycles. The standard InChI is InChI=1S/C11H18F2O2/c1-11(12,13)7-4-8-15-10-6-3-5-9(10)14-2/h4,7,9-10H,3,5-6,8H2,1-2H3/b7-4+. The first-order valence-electron chi connectivity index (χ1n) is 5.23. The smallest absolute Gasteiger partial charge is 0.263 e. The van der Waals surface area contributed by atoms with E-state index < -0.39 is 5.92 Å². The predicted molar refractivity (Wildman–Crippen MR) is 54.1 cm³/mol. The summed E-state index contributed by atoms with van der Waals surface area (Å²) in [6.07, 6.45) is 5.45. The summed E-state index contributed by atoms with van der Waals surface area (Å²) in [5, 5.41) is 0. The number of hydrogen-bond acceptors (Lipinski definition) is 2. The van der Waals surface area contributed by atoms with Crippen LogP contribution in [0.15, 0.2) is 12.2 Å². The van der Waals surface area contributed by atoms with Crippen LogP contribution in [0, 0.1) is 0 Å². The Morgan fingerprint density at radius 2 is 2.00 bits per heavy atom. The fourth-order valence-electron chi connectivity index (χ4n) is 1.79. The summed E-state index contributed by atoms with van der Waals surface area (Å²) in [6, 6.07) is 0. The molecule has 2 unspecified atom stereocenters. The van der Waals surface area contributed by atoms with E-state index in [0.717, 1.165) is 32.3 Å². The topological polar surface area (TPSA) is 18.5 Å². The van der Waals surface area contributed by atoms with Crippen molar-refractivity contribution in [3.05, 3.63) is 12.2 Å². The highest BCUT2D eigenvalue weighted by Crippen LogP contribution is 2.24. The maximum atomic E-state index is 12.4. The van der Waals surface area contributed by atoms with Gasteiger partial charge < -0.3 is 9.47 Å². The first-order valence-corrected chi connectivity index (χ1v) is 5.23. The molecule has 1 rings (SSSR count). The van der Waals surface area contributed by atoms with Crippen LogP contribution in [0.4, 0.5) is 8.78 Å². The van der Waals surface area contributed by atoms with E-state index in [0.29, 0.717) is 0 Å². The second kappa shape index (κ2) is 5.56. The number of hydrogen-bond donors (Lipinski definition) is 0. The van der Waals surface area contributed by atoms with Crippen molar-refractivity contribution < 1.29 is 18.3 Å². The minimum absolute atomic E-state index is 0.0603. The van der Waals surface area contributed by atoms with E-state index >= 15 is 0 Å². The molecule has 0 aliphatic heterocycles. The third kappa shape index (κ3) is 4.71. The number of allylic oxidation sites excluding steroid dienone is 1. The van der Waals surface area contributed by atoms with Gasteiger partial charge in [0.05, 0.1) is 18.8 Å². The lowest BCUT2D eigenvalue weighted by Crippen LogP contribution is -2.25. The molecule has 0 spiro atoms. The van der Waals surface area contributed by atoms with Crippen molar-refractivity contribution in [1.82, 2.24) is 0 Å². The van der Waals surface area contributed by atoms with Gasteiger partial charge in [-0.05, 0) is 25.3 Å². The Hall–Kier alpha value is -0.480. The van der Waals surface area contributed by atoms with Gasteiger partial charge in [0.2, 0.25) is 0 Å². The molecule has 1 fully saturated rings. The Balaban J connectivity index is 2.22. The largest absolute Gasteiger partial charge is 0.379 e. The van der Waals surface area contributed by atoms with Crippen molar-refractivity contribution in [2.24, 2.45) is 0 Å². The average molecular weight is 220 g/mol. The van der Waals surface area contributed by atoms with E-state index in [1.54, 1.807) is 7.11 Å². The number of methoxy groups -OCH3 is 1. The minimum atomic E-state index is -2.75. The quantitative estimate of drug-likeness (QED) is 0.663. The first-order chi connectivity index (χ1) is 7.03. The van der Waals surface area contributed by atoms with Crippen LogP contribution in [0.3, 0.4) is 0 Å². The van der Waals surface area contributed by atoms with Crippen LogP contribution < -0.4 is 0 Å². The molecule has 0 aromatic heterocycles. The monoisotopic (exact) mass is 220 g/mol. The van der Waals surface area contributed by atoms with E-state index in [-0.39, 0.29) is 18.8 Å². The second-order valence-corrected chi connectivity index (χ2v) is 3.94. The van der Waals surface area contributed by atoms with Gasteiger partial charge in [0, 0.05) is 14.0 Å². The van der Waals surface area contributed by atoms with Crippen LogP contribution in [-0.4, -0.2) is 31.8 Å². The fourth-order valence-corrected chi connectivity index (χ4v) is 1.79. The molecule has 0 amide bonds. The molecular weight excluding hydrogens is 202 g/mol. The normalized spacial score (nSPS) is 27.7. The van der Waals surface area contributed by atoms with Gasteiger partial charge in [-0.1, -0.05) is 6.08 Å². The summed E-state index contributed by atoms with van der Waals surface area (Å²) in [4.78, 5) is 0. The number of halogens is 2. The van der Waals surface area contributed by atoms with E-state index in [2.05, 4.69) is 0 Å². The molecule has 1 aliphatic carbocycles. The predicted octanol–water partition coefficient (Wildman–Crippen LogP) is 2.78. The number of alkyl halides is 2. The number of rotatable bonds is 5. The van der Waals surface area contributed by atoms with Crippen molar-refractivity contribution in [3.63, 3.8) is 0 Å². The summed E-state index contributed by atoms with van der Waals surface area (Å²) < 4.78 is 35.5. The summed E-state index contributed by atoms with van der Waals surface area (Å²) in [7, 11) is 1.66. The van der Waals surface area contributed by atoms with Gasteiger partial charge in [-0.3, -0.25) is 0 Å². The molecule has 0 saturated heterocycles. The van der Waals surface area contributed by atoms with E-state index in [1.807, 2.05) is 0 Å². The van der Waals surface area contributed by atoms with Crippen molar-refractivity contribution in [2.75, 3.05) is 13.7 Å². The Morgan fingerprint density at radius 3 is 2.60 bits per heavy atom. The lowest BCUT2D eigenvalue weighted by molar-refractivity contribution is -0.0289. The third-order valence-corrected chi connectivity index (χ3v) is 2.51. The van der Waals surface area contributed by atoms with Gasteiger partial charge >= 0.3 is 0 Å². The molecule has 1 saturated carbocycles. The zero-order chi connectivity index (χ0) is 11.3. The van der Waals surface area contributed by atoms with Crippen molar-refractivity contribution in [2.45, 2.75) is 44.3 Å². The maximum absolute atomic E-state index is 12.4. The van der Waals surface area contributed by atoms with Crippen molar-refractivity contribution in [1.29, 1.82) is 0 Å². The van der Waals surface area contributed by atoms with Gasteiger partial charge in [-0.25, -0.2) is 8.78 Å². The van der Waals surface area contributed by atoms with Crippen LogP contribution in [0.2, 0.25) is 0 Å². The second-order valence-electron chi connectivity index (χ2n) is 3.94. The molecule has 0 radical (unpaired) electrons. The highest BCUT2D eigenvalue weighted by molar-refractivity contribution is 4.92. The highest BCUT2D eigenvalue weighted by atomic mass is 19.3. The Morgan fingerprint density at radius 1 is 1.33 bits per heavy atom. The summed E-state index contributed by atoms with van der Waals surface area (Å²) >= 11 is 0. The Bertz CT molecular complexity index is 211. The molecule has 2 nitrogen and oxygen atoms in total. The van der Waals surface area contributed by atoms with Crippen LogP contribution >= 0.6 is 0 Å². The average Bonchev–Trinajstić information content (AvgIpc) is 2.58. The van der Waals surface area contributed by atoms with Gasteiger partial charge in [0.1, 0.15) is 0 Å². The maximum Gasteiger partial charge on any atom is 0.263 e. The lowest BCUT2D eigenvalue weighted by atomic mass is 10.2. The van der Waals surface area contributed by atoms with Crippen LogP contribution in [0.1, 0.15) is 26.2 Å². The third-order valence-electron chi connectivity index (χ3n) is 2.51. The Labute approximate surface area is 89.3 Å². The number of ether oxygens (including phenoxy) is 2. The summed E-state index contributed by atoms with van der Waals surface area (Å²) in [6.45, 7) is 1.09. The molecular formula is C11H18F2O2. The molecule has 88 valence electrons. The summed E-state index contributed by atoms with van der Waals surface area (Å²) in [5.74, 6) is -2.75. The molecule has 0 aromatic rings. The molecule has 2 atom stereocenters. The highest BCUT2D eigenvalue weighted by Gasteiger charge is 2.27. The minimum Gasteiger partial charge on any atom is -0.379 e. The SMILES string of the molecule is COC1CCCC1OC/C=C/C(C)(F)F. The fraction of sp³-hybridized carbons (Fsp3) is 0.818. The van der Waals surface area contributed by atoms with Gasteiger partial charge in [-0.2, -0.15) is 0 Å². The van der Waals surface area contributed by atoms with Crippen molar-refractivity contribution in [3.8, 4) is 0 Å². The molecule has 4 heteroatoms. The zero-order valence-corrected chi connectivity index (χ0v) is 9.21. The van der Waals surface area contributed by atoms with E-state index in [4.69, 9.17) is 9.47 Å². The molecule has 0 heterocycles. The van der Waals surface area contributed by atoms with Crippen LogP contribution in [0.5, 0.6) is 0 Å². The first kappa shape index (κ1) is 12.6. The lowest BCUT2D eigenvalue weighted by Gasteiger charge is -2.17. The summed E-state index contributed by atoms with van der Waals surface area (Å²) in [5.41, 5.74) is 0. The Kier molecular flexibility index (Phi) is 4.67. The van der Waals surface area contributed by atoms with Gasteiger partial charge in [0.25, 0.3) is 5.92 Å². The van der Waals surface area contributed by atoms with Crippen LogP contribution in [0.25, 0.3) is 0 Å². The van der Waals surface area contributed by atoms with Crippen molar-refractivity contribution >= 4 is 0 Å². The van der Waals surface area contributed by atoms with Gasteiger partial charge in [0.15, 0.2) is 0 Å². The van der Waals surface area contributed by atoms with Crippen LogP contribution in [-0.2, 0) is 9.47 Å². The molecule has 0 N–H and O–H groups in total. The molecule has 0 bridgehead atoms. The van der Waals surface area contributed by atoms with E-state index in [9.17, 15) is 8.78 Å². The zero-order valence-electron chi connectivity index (χ0n) is 9.21. The molecule has 1 aliphatic rings.